The molecule has 152 valence electrons. The van der Waals surface area contributed by atoms with Crippen LogP contribution in [0.2, 0.25) is 0 Å². The van der Waals surface area contributed by atoms with Gasteiger partial charge < -0.3 is 15.4 Å². The molecule has 1 aromatic carbocycles. The molecule has 0 spiro atoms. The van der Waals surface area contributed by atoms with E-state index in [0.29, 0.717) is 28.6 Å². The molecule has 0 aliphatic carbocycles. The van der Waals surface area contributed by atoms with E-state index in [0.717, 1.165) is 6.42 Å². The molecule has 0 aliphatic rings. The number of hydrogen-bond acceptors (Lipinski definition) is 6. The molecule has 11 heteroatoms. The minimum atomic E-state index is -0.608. The summed E-state index contributed by atoms with van der Waals surface area (Å²) in [5.41, 5.74) is -0.00290. The van der Waals surface area contributed by atoms with Gasteiger partial charge in [-0.2, -0.15) is 9.78 Å². The summed E-state index contributed by atoms with van der Waals surface area (Å²) in [5.74, 6) is 0.599. The molecular formula is C18H19BrFN7O2. The standard InChI is InChI=1S/C18H19BrFN7O2/c1-3-7-29-15-9-14(13(20)8-12(15)19)26-18(28)25-11(2)16-23-10-24-27(16)17-21-5-4-6-22-17/h4-6,8-11H,3,7H2,1-2H3,(H2,25,26,28). The van der Waals surface area contributed by atoms with Crippen LogP contribution in [0.25, 0.3) is 5.95 Å². The van der Waals surface area contributed by atoms with Gasteiger partial charge in [-0.05, 0) is 41.4 Å². The zero-order valence-electron chi connectivity index (χ0n) is 15.8. The van der Waals surface area contributed by atoms with Gasteiger partial charge in [0.25, 0.3) is 5.95 Å². The summed E-state index contributed by atoms with van der Waals surface area (Å²) in [6.07, 6.45) is 5.30. The fraction of sp³-hybridized carbons (Fsp3) is 0.278. The van der Waals surface area contributed by atoms with Crippen molar-refractivity contribution < 1.29 is 13.9 Å². The third-order valence-corrected chi connectivity index (χ3v) is 4.40. The lowest BCUT2D eigenvalue weighted by molar-refractivity contribution is 0.248. The van der Waals surface area contributed by atoms with Crippen LogP contribution in [0.3, 0.4) is 0 Å². The Labute approximate surface area is 174 Å². The maximum absolute atomic E-state index is 14.2. The maximum atomic E-state index is 14.2. The van der Waals surface area contributed by atoms with E-state index < -0.39 is 17.9 Å². The van der Waals surface area contributed by atoms with E-state index in [-0.39, 0.29) is 5.69 Å². The van der Waals surface area contributed by atoms with Crippen molar-refractivity contribution in [2.45, 2.75) is 26.3 Å². The highest BCUT2D eigenvalue weighted by atomic mass is 79.9. The fourth-order valence-electron chi connectivity index (χ4n) is 2.47. The number of carbonyl (C=O) groups excluding carboxylic acids is 1. The molecule has 2 N–H and O–H groups in total. The predicted molar refractivity (Wildman–Crippen MR) is 107 cm³/mol. The first kappa shape index (κ1) is 20.6. The Hall–Kier alpha value is -3.08. The normalized spacial score (nSPS) is 11.7. The molecule has 0 bridgehead atoms. The molecule has 0 fully saturated rings. The highest BCUT2D eigenvalue weighted by Crippen LogP contribution is 2.31. The number of benzene rings is 1. The van der Waals surface area contributed by atoms with Crippen molar-refractivity contribution in [3.8, 4) is 11.7 Å². The van der Waals surface area contributed by atoms with E-state index in [1.165, 1.54) is 23.1 Å². The first-order valence-electron chi connectivity index (χ1n) is 8.86. The van der Waals surface area contributed by atoms with Gasteiger partial charge in [-0.25, -0.2) is 24.1 Å². The Morgan fingerprint density at radius 1 is 1.31 bits per heavy atom. The van der Waals surface area contributed by atoms with Crippen molar-refractivity contribution in [2.24, 2.45) is 0 Å². The van der Waals surface area contributed by atoms with E-state index in [1.54, 1.807) is 25.4 Å². The molecule has 3 rings (SSSR count). The number of nitrogens with zero attached hydrogens (tertiary/aromatic N) is 5. The van der Waals surface area contributed by atoms with Crippen LogP contribution < -0.4 is 15.4 Å². The Balaban J connectivity index is 1.71. The molecule has 2 aromatic heterocycles. The van der Waals surface area contributed by atoms with Crippen LogP contribution in [0.15, 0.2) is 41.4 Å². The number of rotatable bonds is 7. The molecule has 1 atom stereocenters. The highest BCUT2D eigenvalue weighted by molar-refractivity contribution is 9.10. The number of hydrogen-bond donors (Lipinski definition) is 2. The van der Waals surface area contributed by atoms with Gasteiger partial charge in [-0.3, -0.25) is 0 Å². The monoisotopic (exact) mass is 463 g/mol. The lowest BCUT2D eigenvalue weighted by Gasteiger charge is -2.16. The van der Waals surface area contributed by atoms with Crippen molar-refractivity contribution in [1.29, 1.82) is 0 Å². The average molecular weight is 464 g/mol. The molecule has 0 saturated heterocycles. The number of ether oxygens (including phenoxy) is 1. The summed E-state index contributed by atoms with van der Waals surface area (Å²) < 4.78 is 21.7. The molecule has 2 amide bonds. The van der Waals surface area contributed by atoms with Crippen LogP contribution in [-0.4, -0.2) is 37.4 Å². The second-order valence-electron chi connectivity index (χ2n) is 6.01. The fourth-order valence-corrected chi connectivity index (χ4v) is 2.90. The number of anilines is 1. The van der Waals surface area contributed by atoms with Crippen molar-refractivity contribution in [3.63, 3.8) is 0 Å². The Morgan fingerprint density at radius 3 is 2.79 bits per heavy atom. The Kier molecular flexibility index (Phi) is 6.70. The van der Waals surface area contributed by atoms with E-state index >= 15 is 0 Å². The molecule has 0 aliphatic heterocycles. The van der Waals surface area contributed by atoms with Crippen LogP contribution in [0.1, 0.15) is 32.1 Å². The second kappa shape index (κ2) is 9.41. The van der Waals surface area contributed by atoms with Crippen molar-refractivity contribution in [2.75, 3.05) is 11.9 Å². The van der Waals surface area contributed by atoms with Crippen molar-refractivity contribution in [3.05, 3.63) is 53.0 Å². The SMILES string of the molecule is CCCOc1cc(NC(=O)NC(C)c2ncnn2-c2ncccn2)c(F)cc1Br. The topological polar surface area (TPSA) is 107 Å². The third kappa shape index (κ3) is 5.05. The molecule has 29 heavy (non-hydrogen) atoms. The van der Waals surface area contributed by atoms with Crippen LogP contribution in [0.5, 0.6) is 5.75 Å². The zero-order chi connectivity index (χ0) is 20.8. The molecular weight excluding hydrogens is 445 g/mol. The maximum Gasteiger partial charge on any atom is 0.319 e. The number of nitrogens with one attached hydrogen (secondary N) is 2. The smallest absolute Gasteiger partial charge is 0.319 e. The second-order valence-corrected chi connectivity index (χ2v) is 6.86. The van der Waals surface area contributed by atoms with Gasteiger partial charge in [0.15, 0.2) is 5.82 Å². The van der Waals surface area contributed by atoms with E-state index in [9.17, 15) is 9.18 Å². The summed E-state index contributed by atoms with van der Waals surface area (Å²) in [6.45, 7) is 4.16. The van der Waals surface area contributed by atoms with Gasteiger partial charge in [0, 0.05) is 18.5 Å². The predicted octanol–water partition coefficient (Wildman–Crippen LogP) is 3.63. The van der Waals surface area contributed by atoms with Crippen molar-refractivity contribution in [1.82, 2.24) is 30.0 Å². The van der Waals surface area contributed by atoms with Gasteiger partial charge in [-0.15, -0.1) is 0 Å². The summed E-state index contributed by atoms with van der Waals surface area (Å²) in [5, 5.41) is 9.28. The van der Waals surface area contributed by atoms with E-state index in [2.05, 4.69) is 46.6 Å². The first-order valence-corrected chi connectivity index (χ1v) is 9.65. The quantitative estimate of drug-likeness (QED) is 0.553. The largest absolute Gasteiger partial charge is 0.492 e. The lowest BCUT2D eigenvalue weighted by Crippen LogP contribution is -2.33. The zero-order valence-corrected chi connectivity index (χ0v) is 17.4. The number of halogens is 2. The summed E-state index contributed by atoms with van der Waals surface area (Å²) >= 11 is 3.25. The Morgan fingerprint density at radius 2 is 2.07 bits per heavy atom. The van der Waals surface area contributed by atoms with Gasteiger partial charge in [0.1, 0.15) is 17.9 Å². The highest BCUT2D eigenvalue weighted by Gasteiger charge is 2.19. The number of aromatic nitrogens is 5. The van der Waals surface area contributed by atoms with Crippen LogP contribution in [0.4, 0.5) is 14.9 Å². The van der Waals surface area contributed by atoms with Gasteiger partial charge in [0.2, 0.25) is 0 Å². The Bertz CT molecular complexity index is 984. The number of urea groups is 1. The van der Waals surface area contributed by atoms with E-state index in [1.807, 2.05) is 6.92 Å². The summed E-state index contributed by atoms with van der Waals surface area (Å²) in [7, 11) is 0. The van der Waals surface area contributed by atoms with Crippen LogP contribution >= 0.6 is 15.9 Å². The van der Waals surface area contributed by atoms with Gasteiger partial charge in [0.05, 0.1) is 22.8 Å². The first-order chi connectivity index (χ1) is 14.0. The molecule has 0 radical (unpaired) electrons. The summed E-state index contributed by atoms with van der Waals surface area (Å²) in [4.78, 5) is 24.8. The third-order valence-electron chi connectivity index (χ3n) is 3.78. The van der Waals surface area contributed by atoms with E-state index in [4.69, 9.17) is 4.74 Å². The van der Waals surface area contributed by atoms with Gasteiger partial charge in [-0.1, -0.05) is 6.92 Å². The molecule has 9 nitrogen and oxygen atoms in total. The number of amides is 2. The average Bonchev–Trinajstić information content (AvgIpc) is 3.20. The van der Waals surface area contributed by atoms with Gasteiger partial charge >= 0.3 is 6.03 Å². The van der Waals surface area contributed by atoms with Crippen molar-refractivity contribution >= 4 is 27.6 Å². The lowest BCUT2D eigenvalue weighted by atomic mass is 10.3. The minimum Gasteiger partial charge on any atom is -0.492 e. The van der Waals surface area contributed by atoms with Crippen LogP contribution in [0, 0.1) is 5.82 Å². The molecule has 3 aromatic rings. The molecule has 2 heterocycles. The number of carbonyl (C=O) groups is 1. The summed E-state index contributed by atoms with van der Waals surface area (Å²) in [6, 6.07) is 3.20. The van der Waals surface area contributed by atoms with Crippen LogP contribution in [-0.2, 0) is 0 Å². The minimum absolute atomic E-state index is 0.00290. The molecule has 0 saturated carbocycles. The molecule has 1 unspecified atom stereocenters.